The molecule has 2 atom stereocenters. The highest BCUT2D eigenvalue weighted by Crippen LogP contribution is 2.47. The first-order chi connectivity index (χ1) is 11.5. The molecule has 0 aliphatic heterocycles. The summed E-state index contributed by atoms with van der Waals surface area (Å²) in [5, 5.41) is 18.1. The second-order valence-corrected chi connectivity index (χ2v) is 6.35. The fourth-order valence-corrected chi connectivity index (χ4v) is 2.91. The van der Waals surface area contributed by atoms with Crippen LogP contribution >= 0.6 is 11.6 Å². The lowest BCUT2D eigenvalue weighted by Crippen LogP contribution is -2.29. The van der Waals surface area contributed by atoms with E-state index in [-0.39, 0.29) is 23.6 Å². The molecule has 0 bridgehead atoms. The van der Waals surface area contributed by atoms with E-state index in [4.69, 9.17) is 11.6 Å². The van der Waals surface area contributed by atoms with Crippen LogP contribution in [0.15, 0.2) is 30.3 Å². The maximum absolute atomic E-state index is 12.2. The molecule has 1 saturated carbocycles. The number of aryl methyl sites for hydroxylation is 1. The van der Waals surface area contributed by atoms with Crippen LogP contribution in [0.4, 0.5) is 5.82 Å². The smallest absolute Gasteiger partial charge is 0.358 e. The minimum Gasteiger partial charge on any atom is -0.358 e. The van der Waals surface area contributed by atoms with Crippen LogP contribution in [0, 0.1) is 23.0 Å². The predicted molar refractivity (Wildman–Crippen MR) is 88.9 cm³/mol. The molecule has 1 heterocycles. The monoisotopic (exact) mass is 348 g/mol. The first kappa shape index (κ1) is 16.4. The maximum Gasteiger partial charge on any atom is 0.390 e. The Morgan fingerprint density at radius 1 is 1.46 bits per heavy atom. The number of hydrogen-bond acceptors (Lipinski definition) is 4. The van der Waals surface area contributed by atoms with Gasteiger partial charge in [0.15, 0.2) is 0 Å². The summed E-state index contributed by atoms with van der Waals surface area (Å²) in [4.78, 5) is 22.3. The van der Waals surface area contributed by atoms with E-state index in [2.05, 4.69) is 10.4 Å². The number of nitrogens with zero attached hydrogens (tertiary/aromatic N) is 3. The summed E-state index contributed by atoms with van der Waals surface area (Å²) < 4.78 is 1.53. The Balaban J connectivity index is 1.48. The van der Waals surface area contributed by atoms with Crippen LogP contribution in [0.1, 0.15) is 23.6 Å². The van der Waals surface area contributed by atoms with Gasteiger partial charge in [0.1, 0.15) is 0 Å². The summed E-state index contributed by atoms with van der Waals surface area (Å²) in [6.07, 6.45) is 0.833. The van der Waals surface area contributed by atoms with Gasteiger partial charge in [0, 0.05) is 17.5 Å². The molecule has 2 unspecified atom stereocenters. The molecule has 1 N–H and O–H groups in total. The molecule has 0 saturated heterocycles. The summed E-state index contributed by atoms with van der Waals surface area (Å²) in [6, 6.07) is 8.98. The number of nitrogens with one attached hydrogen (secondary N) is 1. The Hall–Kier alpha value is -2.41. The third kappa shape index (κ3) is 3.56. The van der Waals surface area contributed by atoms with E-state index in [0.29, 0.717) is 23.8 Å². The highest BCUT2D eigenvalue weighted by Gasteiger charge is 2.43. The van der Waals surface area contributed by atoms with Crippen molar-refractivity contribution in [3.05, 3.63) is 56.7 Å². The number of benzene rings is 1. The van der Waals surface area contributed by atoms with Crippen LogP contribution in [0.3, 0.4) is 0 Å². The van der Waals surface area contributed by atoms with Gasteiger partial charge in [-0.25, -0.2) is 0 Å². The van der Waals surface area contributed by atoms with E-state index < -0.39 is 4.92 Å². The predicted octanol–water partition coefficient (Wildman–Crippen LogP) is 2.67. The van der Waals surface area contributed by atoms with Gasteiger partial charge in [-0.3, -0.25) is 4.79 Å². The molecule has 8 heteroatoms. The lowest BCUT2D eigenvalue weighted by Gasteiger charge is -2.05. The Morgan fingerprint density at radius 2 is 2.17 bits per heavy atom. The first-order valence-corrected chi connectivity index (χ1v) is 8.05. The van der Waals surface area contributed by atoms with Gasteiger partial charge in [-0.2, -0.15) is 4.68 Å². The Kier molecular flexibility index (Phi) is 4.53. The molecular formula is C16H17ClN4O3. The summed E-state index contributed by atoms with van der Waals surface area (Å²) in [5.74, 6) is 0.0621. The van der Waals surface area contributed by atoms with Crippen LogP contribution in [-0.2, 0) is 11.3 Å². The van der Waals surface area contributed by atoms with Crippen LogP contribution < -0.4 is 5.32 Å². The van der Waals surface area contributed by atoms with Crippen LogP contribution in [0.2, 0.25) is 5.02 Å². The van der Waals surface area contributed by atoms with E-state index in [9.17, 15) is 14.9 Å². The van der Waals surface area contributed by atoms with Crippen molar-refractivity contribution in [1.82, 2.24) is 15.1 Å². The minimum atomic E-state index is -0.525. The molecule has 1 amide bonds. The molecule has 0 spiro atoms. The number of hydrogen-bond donors (Lipinski definition) is 1. The van der Waals surface area contributed by atoms with Crippen LogP contribution in [0.25, 0.3) is 0 Å². The number of halogens is 1. The highest BCUT2D eigenvalue weighted by molar-refractivity contribution is 6.30. The van der Waals surface area contributed by atoms with Crippen molar-refractivity contribution in [2.75, 3.05) is 6.54 Å². The molecule has 1 aromatic carbocycles. The number of rotatable bonds is 6. The number of aromatic nitrogens is 2. The zero-order valence-corrected chi connectivity index (χ0v) is 13.9. The minimum absolute atomic E-state index is 0.00857. The average molecular weight is 349 g/mol. The van der Waals surface area contributed by atoms with Crippen molar-refractivity contribution >= 4 is 23.3 Å². The van der Waals surface area contributed by atoms with Gasteiger partial charge >= 0.3 is 5.82 Å². The zero-order chi connectivity index (χ0) is 17.3. The first-order valence-electron chi connectivity index (χ1n) is 7.67. The molecule has 3 rings (SSSR count). The molecule has 1 fully saturated rings. The van der Waals surface area contributed by atoms with Gasteiger partial charge in [-0.05, 0) is 41.9 Å². The summed E-state index contributed by atoms with van der Waals surface area (Å²) in [5.41, 5.74) is 1.82. The fourth-order valence-electron chi connectivity index (χ4n) is 2.79. The van der Waals surface area contributed by atoms with Gasteiger partial charge in [0.25, 0.3) is 0 Å². The lowest BCUT2D eigenvalue weighted by molar-refractivity contribution is -0.389. The number of carbonyl (C=O) groups is 1. The van der Waals surface area contributed by atoms with Crippen molar-refractivity contribution in [3.8, 4) is 0 Å². The lowest BCUT2D eigenvalue weighted by atomic mass is 10.1. The Bertz CT molecular complexity index is 772. The van der Waals surface area contributed by atoms with E-state index in [1.165, 1.54) is 10.7 Å². The molecule has 0 radical (unpaired) electrons. The second kappa shape index (κ2) is 6.60. The van der Waals surface area contributed by atoms with Crippen LogP contribution in [0.5, 0.6) is 0 Å². The zero-order valence-electron chi connectivity index (χ0n) is 13.1. The van der Waals surface area contributed by atoms with Crippen molar-refractivity contribution in [3.63, 3.8) is 0 Å². The van der Waals surface area contributed by atoms with Crippen molar-refractivity contribution in [2.45, 2.75) is 25.8 Å². The highest BCUT2D eigenvalue weighted by atomic mass is 35.5. The van der Waals surface area contributed by atoms with E-state index in [1.807, 2.05) is 24.3 Å². The standard InChI is InChI=1S/C16H17ClN4O3/c1-10-8-15(21(23)24)19-20(10)7-6-18-16(22)14-9-13(14)11-2-4-12(17)5-3-11/h2-5,8,13-14H,6-7,9H2,1H3,(H,18,22). The number of amides is 1. The normalized spacial score (nSPS) is 19.1. The SMILES string of the molecule is Cc1cc([N+](=O)[O-])nn1CCNC(=O)C1CC1c1ccc(Cl)cc1. The topological polar surface area (TPSA) is 90.1 Å². The Labute approximate surface area is 143 Å². The average Bonchev–Trinajstić information content (AvgIpc) is 3.26. The fraction of sp³-hybridized carbons (Fsp3) is 0.375. The maximum atomic E-state index is 12.2. The molecule has 24 heavy (non-hydrogen) atoms. The largest absolute Gasteiger partial charge is 0.390 e. The molecule has 7 nitrogen and oxygen atoms in total. The van der Waals surface area contributed by atoms with Gasteiger partial charge in [-0.1, -0.05) is 23.7 Å². The quantitative estimate of drug-likeness (QED) is 0.642. The second-order valence-electron chi connectivity index (χ2n) is 5.92. The van der Waals surface area contributed by atoms with E-state index in [1.54, 1.807) is 6.92 Å². The summed E-state index contributed by atoms with van der Waals surface area (Å²) in [7, 11) is 0. The molecule has 1 aliphatic rings. The molecular weight excluding hydrogens is 332 g/mol. The van der Waals surface area contributed by atoms with Crippen molar-refractivity contribution < 1.29 is 9.72 Å². The van der Waals surface area contributed by atoms with Gasteiger partial charge in [0.2, 0.25) is 5.91 Å². The van der Waals surface area contributed by atoms with E-state index >= 15 is 0 Å². The summed E-state index contributed by atoms with van der Waals surface area (Å²) >= 11 is 5.87. The van der Waals surface area contributed by atoms with E-state index in [0.717, 1.165) is 12.0 Å². The van der Waals surface area contributed by atoms with Gasteiger partial charge < -0.3 is 15.4 Å². The van der Waals surface area contributed by atoms with Crippen molar-refractivity contribution in [1.29, 1.82) is 0 Å². The van der Waals surface area contributed by atoms with Gasteiger partial charge in [0.05, 0.1) is 23.4 Å². The molecule has 1 aromatic heterocycles. The van der Waals surface area contributed by atoms with Gasteiger partial charge in [-0.15, -0.1) is 0 Å². The van der Waals surface area contributed by atoms with Crippen LogP contribution in [-0.4, -0.2) is 27.2 Å². The third-order valence-electron chi connectivity index (χ3n) is 4.20. The summed E-state index contributed by atoms with van der Waals surface area (Å²) in [6.45, 7) is 2.55. The Morgan fingerprint density at radius 3 is 2.79 bits per heavy atom. The molecule has 1 aliphatic carbocycles. The van der Waals surface area contributed by atoms with Crippen molar-refractivity contribution in [2.24, 2.45) is 5.92 Å². The molecule has 2 aromatic rings. The number of nitro groups is 1. The number of carbonyl (C=O) groups excluding carboxylic acids is 1. The molecule has 126 valence electrons. The third-order valence-corrected chi connectivity index (χ3v) is 4.46.